The first-order valence-electron chi connectivity index (χ1n) is 9.73. The summed E-state index contributed by atoms with van der Waals surface area (Å²) in [5.74, 6) is 1.67. The second-order valence-electron chi connectivity index (χ2n) is 7.22. The van der Waals surface area contributed by atoms with Gasteiger partial charge >= 0.3 is 0 Å². The molecule has 3 rings (SSSR count). The summed E-state index contributed by atoms with van der Waals surface area (Å²) in [5.41, 5.74) is 7.20. The molecule has 1 aromatic heterocycles. The number of rotatable bonds is 8. The van der Waals surface area contributed by atoms with Gasteiger partial charge in [0.25, 0.3) is 0 Å². The van der Waals surface area contributed by atoms with Crippen molar-refractivity contribution in [2.45, 2.75) is 70.1 Å². The molecule has 8 heteroatoms. The lowest BCUT2D eigenvalue weighted by atomic mass is 9.90. The largest absolute Gasteiger partial charge is 0.496 e. The number of nitrogens with zero attached hydrogens (tertiary/aromatic N) is 4. The van der Waals surface area contributed by atoms with Crippen LogP contribution >= 0.6 is 15.9 Å². The molecule has 0 bridgehead atoms. The van der Waals surface area contributed by atoms with Crippen LogP contribution in [-0.4, -0.2) is 39.4 Å². The van der Waals surface area contributed by atoms with Crippen LogP contribution in [0.2, 0.25) is 0 Å². The highest BCUT2D eigenvalue weighted by Crippen LogP contribution is 2.31. The molecule has 0 spiro atoms. The molecule has 0 saturated heterocycles. The first-order valence-corrected chi connectivity index (χ1v) is 10.5. The number of aromatic nitrogens is 4. The number of nitrogens with two attached hydrogens (primary N) is 1. The summed E-state index contributed by atoms with van der Waals surface area (Å²) >= 11 is 3.60. The molecule has 0 aliphatic heterocycles. The van der Waals surface area contributed by atoms with Gasteiger partial charge in [0.05, 0.1) is 17.6 Å². The Bertz CT molecular complexity index is 729. The molecular weight excluding hydrogens is 408 g/mol. The number of benzene rings is 1. The molecule has 27 heavy (non-hydrogen) atoms. The van der Waals surface area contributed by atoms with E-state index in [4.69, 9.17) is 10.5 Å². The fraction of sp³-hybridized carbons (Fsp3) is 0.632. The van der Waals surface area contributed by atoms with Crippen molar-refractivity contribution in [2.24, 2.45) is 5.73 Å². The number of hydrogen-bond acceptors (Lipinski definition) is 6. The number of methoxy groups -OCH3 is 1. The summed E-state index contributed by atoms with van der Waals surface area (Å²) in [5, 5.41) is 16.3. The van der Waals surface area contributed by atoms with E-state index in [9.17, 15) is 0 Å². The molecule has 1 fully saturated rings. The van der Waals surface area contributed by atoms with Crippen molar-refractivity contribution < 1.29 is 4.74 Å². The number of hydrogen-bond donors (Lipinski definition) is 2. The van der Waals surface area contributed by atoms with Crippen molar-refractivity contribution in [1.82, 2.24) is 25.5 Å². The Morgan fingerprint density at radius 1 is 1.33 bits per heavy atom. The maximum absolute atomic E-state index is 6.08. The molecule has 148 valence electrons. The number of unbranched alkanes of at least 4 members (excludes halogenated alkanes) is 1. The molecule has 0 radical (unpaired) electrons. The van der Waals surface area contributed by atoms with E-state index in [1.165, 1.54) is 0 Å². The third kappa shape index (κ3) is 5.06. The quantitative estimate of drug-likeness (QED) is 0.659. The van der Waals surface area contributed by atoms with Gasteiger partial charge in [-0.2, -0.15) is 0 Å². The maximum atomic E-state index is 6.08. The fourth-order valence-electron chi connectivity index (χ4n) is 3.59. The molecule has 1 aromatic carbocycles. The van der Waals surface area contributed by atoms with E-state index in [2.05, 4.69) is 55.8 Å². The summed E-state index contributed by atoms with van der Waals surface area (Å²) in [7, 11) is 1.67. The third-order valence-corrected chi connectivity index (χ3v) is 5.84. The van der Waals surface area contributed by atoms with Crippen LogP contribution in [0.15, 0.2) is 22.7 Å². The average molecular weight is 437 g/mol. The summed E-state index contributed by atoms with van der Waals surface area (Å²) in [6.07, 6.45) is 6.41. The molecule has 1 heterocycles. The Morgan fingerprint density at radius 2 is 2.11 bits per heavy atom. The van der Waals surface area contributed by atoms with Gasteiger partial charge in [0.15, 0.2) is 5.82 Å². The van der Waals surface area contributed by atoms with E-state index in [-0.39, 0.29) is 6.04 Å². The van der Waals surface area contributed by atoms with E-state index in [1.54, 1.807) is 7.11 Å². The Balaban J connectivity index is 1.89. The summed E-state index contributed by atoms with van der Waals surface area (Å²) in [6, 6.07) is 6.81. The van der Waals surface area contributed by atoms with E-state index in [1.807, 2.05) is 10.7 Å². The second-order valence-corrected chi connectivity index (χ2v) is 8.07. The minimum Gasteiger partial charge on any atom is -0.496 e. The first-order chi connectivity index (χ1) is 13.1. The molecule has 0 amide bonds. The number of nitrogens with one attached hydrogen (secondary N) is 1. The average Bonchev–Trinajstić information content (AvgIpc) is 3.14. The standard InChI is InChI=1S/C19H29BrN6O/c1-3-4-11-26-19(23-24-25-26)18(22-15-8-6-14(21)7-9-15)13-5-10-17(27-2)16(20)12-13/h5,10,12,14-15,18,22H,3-4,6-9,11,21H2,1-2H3. The normalized spacial score (nSPS) is 21.2. The Hall–Kier alpha value is -1.51. The molecule has 1 atom stereocenters. The smallest absolute Gasteiger partial charge is 0.172 e. The molecule has 1 aliphatic rings. The molecule has 3 N–H and O–H groups in total. The predicted octanol–water partition coefficient (Wildman–Crippen LogP) is 3.19. The molecular formula is C19H29BrN6O. The maximum Gasteiger partial charge on any atom is 0.172 e. The molecule has 1 saturated carbocycles. The number of halogens is 1. The molecule has 7 nitrogen and oxygen atoms in total. The van der Waals surface area contributed by atoms with Crippen LogP contribution in [0.5, 0.6) is 5.75 Å². The van der Waals surface area contributed by atoms with Crippen LogP contribution in [0, 0.1) is 0 Å². The van der Waals surface area contributed by atoms with Crippen LogP contribution in [-0.2, 0) is 6.54 Å². The highest BCUT2D eigenvalue weighted by atomic mass is 79.9. The summed E-state index contributed by atoms with van der Waals surface area (Å²) in [4.78, 5) is 0. The van der Waals surface area contributed by atoms with Crippen molar-refractivity contribution in [1.29, 1.82) is 0 Å². The minimum atomic E-state index is -0.0709. The molecule has 2 aromatic rings. The Labute approximate surface area is 169 Å². The Morgan fingerprint density at radius 3 is 2.78 bits per heavy atom. The van der Waals surface area contributed by atoms with Gasteiger partial charge in [0.2, 0.25) is 0 Å². The van der Waals surface area contributed by atoms with Crippen LogP contribution in [0.25, 0.3) is 0 Å². The lowest BCUT2D eigenvalue weighted by molar-refractivity contribution is 0.320. The highest BCUT2D eigenvalue weighted by Gasteiger charge is 2.27. The summed E-state index contributed by atoms with van der Waals surface area (Å²) < 4.78 is 8.23. The van der Waals surface area contributed by atoms with Crippen LogP contribution in [0.1, 0.15) is 62.9 Å². The SMILES string of the molecule is CCCCn1nnnc1C(NC1CCC(N)CC1)c1ccc(OC)c(Br)c1. The van der Waals surface area contributed by atoms with Gasteiger partial charge in [0.1, 0.15) is 5.75 Å². The zero-order valence-electron chi connectivity index (χ0n) is 16.1. The number of ether oxygens (including phenoxy) is 1. The molecule has 1 unspecified atom stereocenters. The van der Waals surface area contributed by atoms with E-state index >= 15 is 0 Å². The second kappa shape index (κ2) is 9.61. The van der Waals surface area contributed by atoms with Gasteiger partial charge in [0, 0.05) is 18.6 Å². The number of tetrazole rings is 1. The van der Waals surface area contributed by atoms with Crippen molar-refractivity contribution in [3.63, 3.8) is 0 Å². The first kappa shape index (κ1) is 20.2. The van der Waals surface area contributed by atoms with Crippen LogP contribution < -0.4 is 15.8 Å². The van der Waals surface area contributed by atoms with Gasteiger partial charge < -0.3 is 15.8 Å². The van der Waals surface area contributed by atoms with Crippen molar-refractivity contribution >= 4 is 15.9 Å². The van der Waals surface area contributed by atoms with Gasteiger partial charge in [-0.3, -0.25) is 0 Å². The van der Waals surface area contributed by atoms with Crippen LogP contribution in [0.3, 0.4) is 0 Å². The van der Waals surface area contributed by atoms with Crippen molar-refractivity contribution in [3.8, 4) is 5.75 Å². The zero-order valence-corrected chi connectivity index (χ0v) is 17.7. The zero-order chi connectivity index (χ0) is 19.2. The summed E-state index contributed by atoms with van der Waals surface area (Å²) in [6.45, 7) is 3.00. The van der Waals surface area contributed by atoms with Crippen molar-refractivity contribution in [2.75, 3.05) is 7.11 Å². The predicted molar refractivity (Wildman–Crippen MR) is 109 cm³/mol. The van der Waals surface area contributed by atoms with Gasteiger partial charge in [-0.15, -0.1) is 5.10 Å². The van der Waals surface area contributed by atoms with E-state index in [0.717, 1.165) is 66.7 Å². The lowest BCUT2D eigenvalue weighted by Crippen LogP contribution is -2.40. The van der Waals surface area contributed by atoms with E-state index < -0.39 is 0 Å². The van der Waals surface area contributed by atoms with Gasteiger partial charge in [-0.05, 0) is 76.2 Å². The Kier molecular flexibility index (Phi) is 7.20. The number of aryl methyl sites for hydroxylation is 1. The minimum absolute atomic E-state index is 0.0709. The van der Waals surface area contributed by atoms with E-state index in [0.29, 0.717) is 12.1 Å². The fourth-order valence-corrected chi connectivity index (χ4v) is 4.15. The monoisotopic (exact) mass is 436 g/mol. The van der Waals surface area contributed by atoms with Crippen molar-refractivity contribution in [3.05, 3.63) is 34.1 Å². The van der Waals surface area contributed by atoms with Gasteiger partial charge in [-0.25, -0.2) is 4.68 Å². The topological polar surface area (TPSA) is 90.9 Å². The van der Waals surface area contributed by atoms with Crippen LogP contribution in [0.4, 0.5) is 0 Å². The van der Waals surface area contributed by atoms with Gasteiger partial charge in [-0.1, -0.05) is 19.4 Å². The third-order valence-electron chi connectivity index (χ3n) is 5.22. The highest BCUT2D eigenvalue weighted by molar-refractivity contribution is 9.10. The lowest BCUT2D eigenvalue weighted by Gasteiger charge is -2.30. The molecule has 1 aliphatic carbocycles.